The maximum Gasteiger partial charge on any atom is 0.276 e. The van der Waals surface area contributed by atoms with Crippen LogP contribution in [0, 0.1) is 12.8 Å². The van der Waals surface area contributed by atoms with Gasteiger partial charge in [-0.1, -0.05) is 24.1 Å². The van der Waals surface area contributed by atoms with Crippen molar-refractivity contribution in [3.63, 3.8) is 0 Å². The number of carbonyl (C=O) groups is 1. The van der Waals surface area contributed by atoms with Crippen LogP contribution in [0.1, 0.15) is 54.7 Å². The maximum absolute atomic E-state index is 13.3. The fraction of sp³-hybridized carbons (Fsp3) is 0.455. The van der Waals surface area contributed by atoms with Crippen LogP contribution in [0.25, 0.3) is 16.6 Å². The molecule has 2 fully saturated rings. The molecule has 28 heavy (non-hydrogen) atoms. The van der Waals surface area contributed by atoms with Gasteiger partial charge >= 0.3 is 0 Å². The number of likely N-dealkylation sites (tertiary alicyclic amines) is 1. The van der Waals surface area contributed by atoms with Crippen molar-refractivity contribution in [1.29, 1.82) is 0 Å². The zero-order valence-corrected chi connectivity index (χ0v) is 16.2. The summed E-state index contributed by atoms with van der Waals surface area (Å²) in [5.41, 5.74) is 3.12. The Morgan fingerprint density at radius 1 is 1.11 bits per heavy atom. The molecule has 5 rings (SSSR count). The number of fused-ring (bicyclic) bond motifs is 1. The SMILES string of the molecule is Cc1c(C(=O)N2CCC[C@H]2C2CCCC2)nnn1-c1ccc2ncccc2c1. The number of nitrogens with zero attached hydrogens (tertiary/aromatic N) is 5. The Kier molecular flexibility index (Phi) is 4.34. The Hall–Kier alpha value is -2.76. The maximum atomic E-state index is 13.3. The van der Waals surface area contributed by atoms with Crippen molar-refractivity contribution < 1.29 is 4.79 Å². The summed E-state index contributed by atoms with van der Waals surface area (Å²) in [5.74, 6) is 0.704. The predicted molar refractivity (Wildman–Crippen MR) is 107 cm³/mol. The lowest BCUT2D eigenvalue weighted by molar-refractivity contribution is 0.0682. The summed E-state index contributed by atoms with van der Waals surface area (Å²) in [6.07, 6.45) is 9.12. The number of benzene rings is 1. The molecular formula is C22H25N5O. The topological polar surface area (TPSA) is 63.9 Å². The van der Waals surface area contributed by atoms with Gasteiger partial charge in [-0.25, -0.2) is 4.68 Å². The number of pyridine rings is 1. The highest BCUT2D eigenvalue weighted by Crippen LogP contribution is 2.36. The lowest BCUT2D eigenvalue weighted by Gasteiger charge is -2.29. The van der Waals surface area contributed by atoms with E-state index in [1.807, 2.05) is 37.3 Å². The Bertz CT molecular complexity index is 1020. The summed E-state index contributed by atoms with van der Waals surface area (Å²) in [5, 5.41) is 9.64. The van der Waals surface area contributed by atoms with Gasteiger partial charge in [0.1, 0.15) is 0 Å². The van der Waals surface area contributed by atoms with Crippen LogP contribution in [-0.4, -0.2) is 43.4 Å². The number of carbonyl (C=O) groups excluding carboxylic acids is 1. The Morgan fingerprint density at radius 3 is 2.82 bits per heavy atom. The Labute approximate surface area is 164 Å². The van der Waals surface area contributed by atoms with Gasteiger partial charge in [0.2, 0.25) is 0 Å². The molecule has 2 aliphatic rings. The summed E-state index contributed by atoms with van der Waals surface area (Å²) < 4.78 is 1.76. The number of rotatable bonds is 3. The summed E-state index contributed by atoms with van der Waals surface area (Å²) in [6.45, 7) is 2.77. The number of hydrogen-bond acceptors (Lipinski definition) is 4. The fourth-order valence-corrected chi connectivity index (χ4v) is 4.98. The lowest BCUT2D eigenvalue weighted by atomic mass is 9.96. The molecule has 0 spiro atoms. The first-order chi connectivity index (χ1) is 13.7. The molecule has 1 amide bonds. The van der Waals surface area contributed by atoms with Crippen molar-refractivity contribution in [2.75, 3.05) is 6.54 Å². The quantitative estimate of drug-likeness (QED) is 0.696. The zero-order chi connectivity index (χ0) is 19.1. The second kappa shape index (κ2) is 7.00. The van der Waals surface area contributed by atoms with Crippen molar-refractivity contribution in [3.8, 4) is 5.69 Å². The monoisotopic (exact) mass is 375 g/mol. The summed E-state index contributed by atoms with van der Waals surface area (Å²) in [6, 6.07) is 10.3. The molecule has 3 aromatic rings. The summed E-state index contributed by atoms with van der Waals surface area (Å²) in [7, 11) is 0. The Balaban J connectivity index is 1.45. The molecule has 6 heteroatoms. The van der Waals surface area contributed by atoms with Gasteiger partial charge in [0, 0.05) is 24.2 Å². The highest BCUT2D eigenvalue weighted by molar-refractivity contribution is 5.94. The van der Waals surface area contributed by atoms with E-state index >= 15 is 0 Å². The van der Waals surface area contributed by atoms with Gasteiger partial charge in [0.25, 0.3) is 5.91 Å². The first-order valence-electron chi connectivity index (χ1n) is 10.3. The van der Waals surface area contributed by atoms with E-state index in [0.717, 1.165) is 41.7 Å². The van der Waals surface area contributed by atoms with Crippen molar-refractivity contribution in [2.45, 2.75) is 51.5 Å². The van der Waals surface area contributed by atoms with Gasteiger partial charge in [-0.05, 0) is 62.8 Å². The standard InChI is InChI=1S/C22H25N5O/c1-15-21(22(28)26-13-5-9-20(26)16-6-2-3-7-16)24-25-27(15)18-10-11-19-17(14-18)8-4-12-23-19/h4,8,10-12,14,16,20H,2-3,5-7,9,13H2,1H3/t20-/m0/s1. The number of aromatic nitrogens is 4. The van der Waals surface area contributed by atoms with Crippen LogP contribution in [0.4, 0.5) is 0 Å². The smallest absolute Gasteiger partial charge is 0.276 e. The van der Waals surface area contributed by atoms with Gasteiger partial charge in [0.15, 0.2) is 5.69 Å². The van der Waals surface area contributed by atoms with Crippen LogP contribution < -0.4 is 0 Å². The minimum Gasteiger partial charge on any atom is -0.334 e. The average molecular weight is 375 g/mol. The van der Waals surface area contributed by atoms with E-state index in [-0.39, 0.29) is 5.91 Å². The van der Waals surface area contributed by atoms with E-state index in [1.54, 1.807) is 10.9 Å². The molecule has 1 atom stereocenters. The van der Waals surface area contributed by atoms with E-state index in [9.17, 15) is 4.79 Å². The minimum absolute atomic E-state index is 0.0422. The molecule has 0 radical (unpaired) electrons. The van der Waals surface area contributed by atoms with Gasteiger partial charge in [0.05, 0.1) is 16.9 Å². The lowest BCUT2D eigenvalue weighted by Crippen LogP contribution is -2.39. The van der Waals surface area contributed by atoms with Gasteiger partial charge in [-0.3, -0.25) is 9.78 Å². The third kappa shape index (κ3) is 2.87. The van der Waals surface area contributed by atoms with Gasteiger partial charge < -0.3 is 4.90 Å². The molecule has 1 saturated carbocycles. The highest BCUT2D eigenvalue weighted by Gasteiger charge is 2.37. The van der Waals surface area contributed by atoms with Crippen LogP contribution in [-0.2, 0) is 0 Å². The summed E-state index contributed by atoms with van der Waals surface area (Å²) >= 11 is 0. The second-order valence-electron chi connectivity index (χ2n) is 8.07. The molecule has 144 valence electrons. The predicted octanol–water partition coefficient (Wildman–Crippen LogP) is 3.92. The molecule has 1 saturated heterocycles. The largest absolute Gasteiger partial charge is 0.334 e. The molecule has 1 aromatic carbocycles. The third-order valence-corrected chi connectivity index (χ3v) is 6.43. The van der Waals surface area contributed by atoms with E-state index in [2.05, 4.69) is 20.2 Å². The normalized spacial score (nSPS) is 20.3. The molecule has 2 aromatic heterocycles. The van der Waals surface area contributed by atoms with Crippen molar-refractivity contribution in [1.82, 2.24) is 24.9 Å². The first-order valence-corrected chi connectivity index (χ1v) is 10.3. The van der Waals surface area contributed by atoms with Crippen LogP contribution in [0.3, 0.4) is 0 Å². The molecule has 6 nitrogen and oxygen atoms in total. The van der Waals surface area contributed by atoms with Gasteiger partial charge in [-0.15, -0.1) is 5.10 Å². The average Bonchev–Trinajstić information content (AvgIpc) is 3.47. The van der Waals surface area contributed by atoms with E-state index in [1.165, 1.54) is 25.7 Å². The van der Waals surface area contributed by atoms with Crippen LogP contribution >= 0.6 is 0 Å². The zero-order valence-electron chi connectivity index (χ0n) is 16.2. The summed E-state index contributed by atoms with van der Waals surface area (Å²) in [4.78, 5) is 19.7. The third-order valence-electron chi connectivity index (χ3n) is 6.43. The fourth-order valence-electron chi connectivity index (χ4n) is 4.98. The van der Waals surface area contributed by atoms with Crippen molar-refractivity contribution in [3.05, 3.63) is 47.9 Å². The number of hydrogen-bond donors (Lipinski definition) is 0. The molecule has 1 aliphatic carbocycles. The molecule has 1 aliphatic heterocycles. The van der Waals surface area contributed by atoms with Crippen LogP contribution in [0.15, 0.2) is 36.5 Å². The molecular weight excluding hydrogens is 350 g/mol. The first kappa shape index (κ1) is 17.3. The second-order valence-corrected chi connectivity index (χ2v) is 8.07. The van der Waals surface area contributed by atoms with Crippen molar-refractivity contribution in [2.24, 2.45) is 5.92 Å². The van der Waals surface area contributed by atoms with Crippen LogP contribution in [0.2, 0.25) is 0 Å². The van der Waals surface area contributed by atoms with Crippen LogP contribution in [0.5, 0.6) is 0 Å². The minimum atomic E-state index is 0.0422. The molecule has 0 unspecified atom stereocenters. The highest BCUT2D eigenvalue weighted by atomic mass is 16.2. The molecule has 0 N–H and O–H groups in total. The van der Waals surface area contributed by atoms with E-state index in [4.69, 9.17) is 0 Å². The molecule has 3 heterocycles. The molecule has 0 bridgehead atoms. The van der Waals surface area contributed by atoms with E-state index in [0.29, 0.717) is 17.7 Å². The Morgan fingerprint density at radius 2 is 1.96 bits per heavy atom. The number of amides is 1. The van der Waals surface area contributed by atoms with E-state index < -0.39 is 0 Å². The van der Waals surface area contributed by atoms with Crippen molar-refractivity contribution >= 4 is 16.8 Å². The van der Waals surface area contributed by atoms with Gasteiger partial charge in [-0.2, -0.15) is 0 Å².